The van der Waals surface area contributed by atoms with E-state index in [9.17, 15) is 0 Å². The Labute approximate surface area is 59.4 Å². The van der Waals surface area contributed by atoms with Crippen LogP contribution in [0.25, 0.3) is 0 Å². The van der Waals surface area contributed by atoms with Gasteiger partial charge in [-0.1, -0.05) is 12.2 Å². The molecule has 48 valence electrons. The van der Waals surface area contributed by atoms with Gasteiger partial charge in [0.2, 0.25) is 0 Å². The van der Waals surface area contributed by atoms with Crippen LogP contribution < -0.4 is 0 Å². The molecular formula is C6H7NOS. The summed E-state index contributed by atoms with van der Waals surface area (Å²) in [6, 6.07) is 1.99. The molecule has 9 heavy (non-hydrogen) atoms. The molecule has 0 aliphatic carbocycles. The lowest BCUT2D eigenvalue weighted by atomic mass is 10.1. The molecule has 0 saturated carbocycles. The standard InChI is InChI=1S/C6H7NOS/c7-4-5-6(9)2-1-3-8-5/h5H,1-3H2. The van der Waals surface area contributed by atoms with Crippen LogP contribution in [0.5, 0.6) is 0 Å². The second-order valence-electron chi connectivity index (χ2n) is 1.95. The van der Waals surface area contributed by atoms with E-state index in [0.717, 1.165) is 17.7 Å². The van der Waals surface area contributed by atoms with Crippen LogP contribution in [0.2, 0.25) is 0 Å². The SMILES string of the molecule is N#CC1OCCCC1=S. The molecule has 1 heterocycles. The molecular weight excluding hydrogens is 134 g/mol. The van der Waals surface area contributed by atoms with E-state index >= 15 is 0 Å². The van der Waals surface area contributed by atoms with Crippen molar-refractivity contribution in [3.05, 3.63) is 0 Å². The summed E-state index contributed by atoms with van der Waals surface area (Å²) in [7, 11) is 0. The number of nitriles is 1. The van der Waals surface area contributed by atoms with Crippen molar-refractivity contribution < 1.29 is 4.74 Å². The lowest BCUT2D eigenvalue weighted by Gasteiger charge is -2.16. The van der Waals surface area contributed by atoms with Gasteiger partial charge in [0.05, 0.1) is 6.07 Å². The molecule has 2 nitrogen and oxygen atoms in total. The number of hydrogen-bond acceptors (Lipinski definition) is 3. The van der Waals surface area contributed by atoms with Gasteiger partial charge < -0.3 is 4.74 Å². The monoisotopic (exact) mass is 141 g/mol. The largest absolute Gasteiger partial charge is 0.358 e. The van der Waals surface area contributed by atoms with Crippen LogP contribution in [-0.2, 0) is 4.74 Å². The Balaban J connectivity index is 2.51. The molecule has 0 aromatic heterocycles. The van der Waals surface area contributed by atoms with Crippen molar-refractivity contribution in [2.24, 2.45) is 0 Å². The molecule has 1 atom stereocenters. The van der Waals surface area contributed by atoms with Crippen molar-refractivity contribution in [2.45, 2.75) is 18.9 Å². The highest BCUT2D eigenvalue weighted by Gasteiger charge is 2.17. The van der Waals surface area contributed by atoms with Crippen LogP contribution in [0.4, 0.5) is 0 Å². The van der Waals surface area contributed by atoms with Gasteiger partial charge in [0.1, 0.15) is 0 Å². The maximum absolute atomic E-state index is 8.40. The molecule has 0 amide bonds. The summed E-state index contributed by atoms with van der Waals surface area (Å²) in [6.45, 7) is 0.679. The smallest absolute Gasteiger partial charge is 0.175 e. The quantitative estimate of drug-likeness (QED) is 0.473. The van der Waals surface area contributed by atoms with Crippen molar-refractivity contribution in [1.82, 2.24) is 0 Å². The lowest BCUT2D eigenvalue weighted by molar-refractivity contribution is 0.116. The van der Waals surface area contributed by atoms with Crippen molar-refractivity contribution >= 4 is 17.1 Å². The molecule has 1 aliphatic rings. The number of thiocarbonyl (C=S) groups is 1. The Hall–Kier alpha value is -0.460. The summed E-state index contributed by atoms with van der Waals surface area (Å²) >= 11 is 4.88. The molecule has 1 aliphatic heterocycles. The first-order chi connectivity index (χ1) is 4.34. The zero-order valence-corrected chi connectivity index (χ0v) is 5.78. The van der Waals surface area contributed by atoms with E-state index in [1.165, 1.54) is 0 Å². The fourth-order valence-electron chi connectivity index (χ4n) is 0.781. The van der Waals surface area contributed by atoms with Gasteiger partial charge in [-0.25, -0.2) is 0 Å². The van der Waals surface area contributed by atoms with E-state index in [-0.39, 0.29) is 0 Å². The number of ether oxygens (including phenoxy) is 1. The Morgan fingerprint density at radius 1 is 1.78 bits per heavy atom. The molecule has 0 bridgehead atoms. The van der Waals surface area contributed by atoms with Crippen LogP contribution in [0, 0.1) is 11.3 Å². The summed E-state index contributed by atoms with van der Waals surface area (Å²) in [6.07, 6.45) is 1.43. The Kier molecular flexibility index (Phi) is 2.15. The first kappa shape index (κ1) is 6.66. The molecule has 0 radical (unpaired) electrons. The third kappa shape index (κ3) is 1.47. The van der Waals surface area contributed by atoms with E-state index in [1.54, 1.807) is 0 Å². The second-order valence-corrected chi connectivity index (χ2v) is 2.47. The summed E-state index contributed by atoms with van der Waals surface area (Å²) in [5.74, 6) is 0. The number of nitrogens with zero attached hydrogens (tertiary/aromatic N) is 1. The number of rotatable bonds is 0. The van der Waals surface area contributed by atoms with E-state index in [0.29, 0.717) is 6.61 Å². The summed E-state index contributed by atoms with van der Waals surface area (Å²) in [5.41, 5.74) is 0. The minimum absolute atomic E-state index is 0.409. The predicted molar refractivity (Wildman–Crippen MR) is 37.2 cm³/mol. The maximum atomic E-state index is 8.40. The first-order valence-electron chi connectivity index (χ1n) is 2.88. The van der Waals surface area contributed by atoms with E-state index in [4.69, 9.17) is 22.2 Å². The third-order valence-corrected chi connectivity index (χ3v) is 1.68. The zero-order valence-electron chi connectivity index (χ0n) is 4.96. The van der Waals surface area contributed by atoms with Gasteiger partial charge in [-0.15, -0.1) is 0 Å². The van der Waals surface area contributed by atoms with Crippen molar-refractivity contribution in [3.63, 3.8) is 0 Å². The molecule has 1 saturated heterocycles. The van der Waals surface area contributed by atoms with Gasteiger partial charge in [0.15, 0.2) is 6.10 Å². The highest BCUT2D eigenvalue weighted by Crippen LogP contribution is 2.09. The molecule has 1 rings (SSSR count). The van der Waals surface area contributed by atoms with Crippen molar-refractivity contribution in [2.75, 3.05) is 6.61 Å². The average molecular weight is 141 g/mol. The molecule has 0 aromatic carbocycles. The Morgan fingerprint density at radius 2 is 2.56 bits per heavy atom. The van der Waals surface area contributed by atoms with Gasteiger partial charge in [-0.2, -0.15) is 5.26 Å². The minimum atomic E-state index is -0.409. The van der Waals surface area contributed by atoms with Gasteiger partial charge in [-0.05, 0) is 12.8 Å². The second kappa shape index (κ2) is 2.90. The van der Waals surface area contributed by atoms with Crippen molar-refractivity contribution in [3.8, 4) is 6.07 Å². The molecule has 0 N–H and O–H groups in total. The molecule has 1 fully saturated rings. The van der Waals surface area contributed by atoms with Gasteiger partial charge in [-0.3, -0.25) is 0 Å². The van der Waals surface area contributed by atoms with Gasteiger partial charge in [0, 0.05) is 11.5 Å². The Bertz CT molecular complexity index is 161. The lowest BCUT2D eigenvalue weighted by Crippen LogP contribution is -2.26. The molecule has 1 unspecified atom stereocenters. The zero-order chi connectivity index (χ0) is 6.69. The highest BCUT2D eigenvalue weighted by atomic mass is 32.1. The predicted octanol–water partition coefficient (Wildman–Crippen LogP) is 1.06. The fraction of sp³-hybridized carbons (Fsp3) is 0.667. The van der Waals surface area contributed by atoms with Gasteiger partial charge >= 0.3 is 0 Å². The van der Waals surface area contributed by atoms with Crippen LogP contribution in [0.3, 0.4) is 0 Å². The van der Waals surface area contributed by atoms with E-state index < -0.39 is 6.10 Å². The van der Waals surface area contributed by atoms with Crippen LogP contribution in [0.1, 0.15) is 12.8 Å². The average Bonchev–Trinajstić information content (AvgIpc) is 1.89. The summed E-state index contributed by atoms with van der Waals surface area (Å²) < 4.78 is 5.04. The maximum Gasteiger partial charge on any atom is 0.175 e. The molecule has 0 spiro atoms. The minimum Gasteiger partial charge on any atom is -0.358 e. The van der Waals surface area contributed by atoms with Crippen LogP contribution >= 0.6 is 12.2 Å². The van der Waals surface area contributed by atoms with Crippen LogP contribution in [0.15, 0.2) is 0 Å². The molecule has 3 heteroatoms. The van der Waals surface area contributed by atoms with E-state index in [2.05, 4.69) is 0 Å². The van der Waals surface area contributed by atoms with Gasteiger partial charge in [0.25, 0.3) is 0 Å². The summed E-state index contributed by atoms with van der Waals surface area (Å²) in [4.78, 5) is 0.753. The van der Waals surface area contributed by atoms with Crippen LogP contribution in [-0.4, -0.2) is 17.6 Å². The number of hydrogen-bond donors (Lipinski definition) is 0. The molecule has 0 aromatic rings. The van der Waals surface area contributed by atoms with E-state index in [1.807, 2.05) is 6.07 Å². The third-order valence-electron chi connectivity index (χ3n) is 1.26. The fourth-order valence-corrected chi connectivity index (χ4v) is 1.05. The Morgan fingerprint density at radius 3 is 3.00 bits per heavy atom. The first-order valence-corrected chi connectivity index (χ1v) is 3.29. The normalized spacial score (nSPS) is 27.4. The van der Waals surface area contributed by atoms with Crippen molar-refractivity contribution in [1.29, 1.82) is 5.26 Å². The highest BCUT2D eigenvalue weighted by molar-refractivity contribution is 7.80. The topological polar surface area (TPSA) is 33.0 Å². The summed E-state index contributed by atoms with van der Waals surface area (Å²) in [5, 5.41) is 8.40.